The molecular weight excluding hydrogens is 234 g/mol. The number of nitrogens with zero attached hydrogens (tertiary/aromatic N) is 1. The average Bonchev–Trinajstić information content (AvgIpc) is 2.37. The van der Waals surface area contributed by atoms with Crippen molar-refractivity contribution in [2.75, 3.05) is 0 Å². The van der Waals surface area contributed by atoms with Crippen LogP contribution < -0.4 is 0 Å². The maximum atomic E-state index is 6.04. The van der Waals surface area contributed by atoms with Gasteiger partial charge in [-0.15, -0.1) is 0 Å². The fourth-order valence-corrected chi connectivity index (χ4v) is 2.79. The zero-order chi connectivity index (χ0) is 12.1. The van der Waals surface area contributed by atoms with Gasteiger partial charge in [-0.05, 0) is 36.5 Å². The summed E-state index contributed by atoms with van der Waals surface area (Å²) < 4.78 is 6.04. The van der Waals surface area contributed by atoms with Crippen molar-refractivity contribution in [1.82, 2.24) is 4.98 Å². The van der Waals surface area contributed by atoms with E-state index in [1.165, 1.54) is 32.1 Å². The zero-order valence-electron chi connectivity index (χ0n) is 10.4. The molecule has 1 aromatic heterocycles. The van der Waals surface area contributed by atoms with E-state index >= 15 is 0 Å². The van der Waals surface area contributed by atoms with E-state index < -0.39 is 0 Å². The van der Waals surface area contributed by atoms with Crippen molar-refractivity contribution in [2.24, 2.45) is 5.92 Å². The van der Waals surface area contributed by atoms with Crippen LogP contribution in [0.25, 0.3) is 0 Å². The summed E-state index contributed by atoms with van der Waals surface area (Å²) in [6.45, 7) is 2.92. The predicted molar refractivity (Wildman–Crippen MR) is 70.1 cm³/mol. The summed E-state index contributed by atoms with van der Waals surface area (Å²) in [5.74, 6) is 0.737. The van der Waals surface area contributed by atoms with E-state index in [0.29, 0.717) is 17.9 Å². The molecule has 2 rings (SSSR count). The van der Waals surface area contributed by atoms with Gasteiger partial charge in [-0.3, -0.25) is 0 Å². The van der Waals surface area contributed by atoms with E-state index in [4.69, 9.17) is 16.3 Å². The Morgan fingerprint density at radius 1 is 1.41 bits per heavy atom. The quantitative estimate of drug-likeness (QED) is 0.750. The fraction of sp³-hybridized carbons (Fsp3) is 0.643. The standard InChI is InChI=1S/C14H20ClNO/c1-2-12-5-3-4-6-13(12)17-10-11-7-8-16-14(15)9-11/h7-9,12-13H,2-6,10H2,1H3. The maximum absolute atomic E-state index is 6.04. The van der Waals surface area contributed by atoms with Crippen LogP contribution >= 0.6 is 11.6 Å². The highest BCUT2D eigenvalue weighted by Gasteiger charge is 2.24. The van der Waals surface area contributed by atoms with Crippen LogP contribution in [0.5, 0.6) is 0 Å². The summed E-state index contributed by atoms with van der Waals surface area (Å²) in [5, 5.41) is 0.543. The lowest BCUT2D eigenvalue weighted by Crippen LogP contribution is -2.27. The number of hydrogen-bond acceptors (Lipinski definition) is 2. The number of aromatic nitrogens is 1. The summed E-state index contributed by atoms with van der Waals surface area (Å²) >= 11 is 5.86. The SMILES string of the molecule is CCC1CCCCC1OCc1ccnc(Cl)c1. The summed E-state index contributed by atoms with van der Waals surface area (Å²) in [6, 6.07) is 3.85. The van der Waals surface area contributed by atoms with E-state index in [2.05, 4.69) is 11.9 Å². The molecule has 2 unspecified atom stereocenters. The first-order chi connectivity index (χ1) is 8.29. The largest absolute Gasteiger partial charge is 0.373 e. The van der Waals surface area contributed by atoms with Crippen molar-refractivity contribution in [3.05, 3.63) is 29.0 Å². The molecule has 0 aromatic carbocycles. The third kappa shape index (κ3) is 3.68. The molecule has 3 heteroatoms. The number of rotatable bonds is 4. The molecule has 2 nitrogen and oxygen atoms in total. The van der Waals surface area contributed by atoms with Gasteiger partial charge >= 0.3 is 0 Å². The van der Waals surface area contributed by atoms with Gasteiger partial charge in [0.05, 0.1) is 12.7 Å². The van der Waals surface area contributed by atoms with Gasteiger partial charge in [0.2, 0.25) is 0 Å². The van der Waals surface area contributed by atoms with Crippen molar-refractivity contribution in [3.63, 3.8) is 0 Å². The molecule has 0 aliphatic heterocycles. The van der Waals surface area contributed by atoms with Gasteiger partial charge in [0.1, 0.15) is 5.15 Å². The highest BCUT2D eigenvalue weighted by Crippen LogP contribution is 2.29. The van der Waals surface area contributed by atoms with Crippen LogP contribution in [0, 0.1) is 5.92 Å². The number of halogens is 1. The molecule has 0 saturated heterocycles. The molecule has 1 aliphatic carbocycles. The van der Waals surface area contributed by atoms with Crippen LogP contribution in [-0.4, -0.2) is 11.1 Å². The van der Waals surface area contributed by atoms with E-state index in [0.717, 1.165) is 11.5 Å². The maximum Gasteiger partial charge on any atom is 0.129 e. The predicted octanol–water partition coefficient (Wildman–Crippen LogP) is 4.22. The smallest absolute Gasteiger partial charge is 0.129 e. The van der Waals surface area contributed by atoms with Crippen LogP contribution in [0.15, 0.2) is 18.3 Å². The fourth-order valence-electron chi connectivity index (χ4n) is 2.60. The van der Waals surface area contributed by atoms with Crippen molar-refractivity contribution >= 4 is 11.6 Å². The Labute approximate surface area is 108 Å². The van der Waals surface area contributed by atoms with E-state index in [-0.39, 0.29) is 0 Å². The van der Waals surface area contributed by atoms with E-state index in [1.807, 2.05) is 12.1 Å². The minimum atomic E-state index is 0.431. The topological polar surface area (TPSA) is 22.1 Å². The molecular formula is C14H20ClNO. The summed E-state index contributed by atoms with van der Waals surface area (Å²) in [5.41, 5.74) is 1.12. The first kappa shape index (κ1) is 12.8. The van der Waals surface area contributed by atoms with E-state index in [9.17, 15) is 0 Å². The van der Waals surface area contributed by atoms with Crippen LogP contribution in [-0.2, 0) is 11.3 Å². The highest BCUT2D eigenvalue weighted by molar-refractivity contribution is 6.29. The Hall–Kier alpha value is -0.600. The highest BCUT2D eigenvalue weighted by atomic mass is 35.5. The van der Waals surface area contributed by atoms with Gasteiger partial charge < -0.3 is 4.74 Å². The van der Waals surface area contributed by atoms with Gasteiger partial charge in [-0.2, -0.15) is 0 Å². The second kappa shape index (κ2) is 6.36. The van der Waals surface area contributed by atoms with Crippen LogP contribution in [0.1, 0.15) is 44.6 Å². The molecule has 0 spiro atoms. The van der Waals surface area contributed by atoms with Crippen LogP contribution in [0.3, 0.4) is 0 Å². The second-order valence-corrected chi connectivity index (χ2v) is 5.18. The summed E-state index contributed by atoms with van der Waals surface area (Å²) in [7, 11) is 0. The molecule has 17 heavy (non-hydrogen) atoms. The van der Waals surface area contributed by atoms with Crippen LogP contribution in [0.2, 0.25) is 5.15 Å². The molecule has 1 fully saturated rings. The van der Waals surface area contributed by atoms with Gasteiger partial charge in [0, 0.05) is 6.20 Å². The Kier molecular flexibility index (Phi) is 4.81. The molecule has 2 atom stereocenters. The third-order valence-corrected chi connectivity index (χ3v) is 3.83. The normalized spacial score (nSPS) is 24.8. The van der Waals surface area contributed by atoms with Gasteiger partial charge in [0.15, 0.2) is 0 Å². The Morgan fingerprint density at radius 3 is 3.00 bits per heavy atom. The minimum absolute atomic E-state index is 0.431. The summed E-state index contributed by atoms with van der Waals surface area (Å²) in [6.07, 6.45) is 8.58. The molecule has 1 aromatic rings. The Bertz CT molecular complexity index is 356. The number of pyridine rings is 1. The van der Waals surface area contributed by atoms with Crippen LogP contribution in [0.4, 0.5) is 0 Å². The van der Waals surface area contributed by atoms with Gasteiger partial charge in [-0.1, -0.05) is 37.8 Å². The van der Waals surface area contributed by atoms with Crippen molar-refractivity contribution in [2.45, 2.75) is 51.7 Å². The minimum Gasteiger partial charge on any atom is -0.373 e. The zero-order valence-corrected chi connectivity index (χ0v) is 11.1. The lowest BCUT2D eigenvalue weighted by Gasteiger charge is -2.30. The molecule has 1 saturated carbocycles. The van der Waals surface area contributed by atoms with Crippen molar-refractivity contribution < 1.29 is 4.74 Å². The monoisotopic (exact) mass is 253 g/mol. The Balaban J connectivity index is 1.88. The molecule has 0 N–H and O–H groups in total. The first-order valence-electron chi connectivity index (χ1n) is 6.51. The summed E-state index contributed by atoms with van der Waals surface area (Å²) in [4.78, 5) is 3.98. The number of ether oxygens (including phenoxy) is 1. The first-order valence-corrected chi connectivity index (χ1v) is 6.89. The van der Waals surface area contributed by atoms with Gasteiger partial charge in [-0.25, -0.2) is 4.98 Å². The molecule has 1 heterocycles. The molecule has 1 aliphatic rings. The average molecular weight is 254 g/mol. The number of hydrogen-bond donors (Lipinski definition) is 0. The molecule has 94 valence electrons. The molecule has 0 radical (unpaired) electrons. The van der Waals surface area contributed by atoms with Crippen molar-refractivity contribution in [1.29, 1.82) is 0 Å². The van der Waals surface area contributed by atoms with E-state index in [1.54, 1.807) is 6.20 Å². The second-order valence-electron chi connectivity index (χ2n) is 4.79. The molecule has 0 bridgehead atoms. The third-order valence-electron chi connectivity index (χ3n) is 3.62. The van der Waals surface area contributed by atoms with Crippen molar-refractivity contribution in [3.8, 4) is 0 Å². The lowest BCUT2D eigenvalue weighted by molar-refractivity contribution is -0.0222. The Morgan fingerprint density at radius 2 is 2.24 bits per heavy atom. The molecule has 0 amide bonds. The van der Waals surface area contributed by atoms with Gasteiger partial charge in [0.25, 0.3) is 0 Å². The lowest BCUT2D eigenvalue weighted by atomic mass is 9.85.